The minimum absolute atomic E-state index is 0.191. The molecule has 0 aromatic carbocycles. The molecule has 0 saturated carbocycles. The molecule has 0 radical (unpaired) electrons. The summed E-state index contributed by atoms with van der Waals surface area (Å²) in [6, 6.07) is 3.66. The Bertz CT molecular complexity index is 336. The molecule has 114 valence electrons. The Hall–Kier alpha value is -0.870. The normalized spacial score (nSPS) is 10.7. The van der Waals surface area contributed by atoms with Gasteiger partial charge in [-0.2, -0.15) is 0 Å². The molecule has 1 aromatic rings. The van der Waals surface area contributed by atoms with E-state index in [1.54, 1.807) is 6.07 Å². The summed E-state index contributed by atoms with van der Waals surface area (Å²) in [5, 5.41) is 10.5. The topological polar surface area (TPSA) is 46.5 Å². The zero-order valence-electron chi connectivity index (χ0n) is 12.2. The van der Waals surface area contributed by atoms with Crippen LogP contribution in [0.3, 0.4) is 0 Å². The summed E-state index contributed by atoms with van der Waals surface area (Å²) in [7, 11) is 0. The van der Waals surface area contributed by atoms with Gasteiger partial charge in [-0.3, -0.25) is 0 Å². The third-order valence-electron chi connectivity index (χ3n) is 3.26. The van der Waals surface area contributed by atoms with Crippen LogP contribution >= 0.6 is 11.3 Å². The van der Waals surface area contributed by atoms with E-state index in [1.165, 1.54) is 43.4 Å². The van der Waals surface area contributed by atoms with Crippen molar-refractivity contribution >= 4 is 17.3 Å². The van der Waals surface area contributed by atoms with E-state index in [0.29, 0.717) is 18.1 Å². The Morgan fingerprint density at radius 2 is 1.60 bits per heavy atom. The summed E-state index contributed by atoms with van der Waals surface area (Å²) >= 11 is 1.42. The first-order valence-electron chi connectivity index (χ1n) is 7.66. The third-order valence-corrected chi connectivity index (χ3v) is 4.11. The highest BCUT2D eigenvalue weighted by molar-refractivity contribution is 7.11. The lowest BCUT2D eigenvalue weighted by atomic mass is 10.1. The zero-order valence-corrected chi connectivity index (χ0v) is 13.0. The molecule has 0 aliphatic heterocycles. The average Bonchev–Trinajstić information content (AvgIpc) is 2.99. The Balaban J connectivity index is 1.82. The van der Waals surface area contributed by atoms with E-state index in [0.717, 1.165) is 25.7 Å². The molecular weight excluding hydrogens is 272 g/mol. The van der Waals surface area contributed by atoms with Crippen molar-refractivity contribution in [3.63, 3.8) is 0 Å². The monoisotopic (exact) mass is 298 g/mol. The van der Waals surface area contributed by atoms with Gasteiger partial charge in [0.25, 0.3) is 0 Å². The Kier molecular flexibility index (Phi) is 10.2. The summed E-state index contributed by atoms with van der Waals surface area (Å²) in [6.45, 7) is 0.859. The van der Waals surface area contributed by atoms with Crippen molar-refractivity contribution in [2.24, 2.45) is 0 Å². The molecule has 1 aromatic heterocycles. The molecule has 1 heterocycles. The average molecular weight is 298 g/mol. The number of aliphatic hydroxyl groups excluding tert-OH is 1. The van der Waals surface area contributed by atoms with E-state index < -0.39 is 0 Å². The molecule has 4 heteroatoms. The first kappa shape index (κ1) is 17.2. The van der Waals surface area contributed by atoms with Crippen LogP contribution in [0.15, 0.2) is 17.5 Å². The van der Waals surface area contributed by atoms with Crippen molar-refractivity contribution in [3.05, 3.63) is 22.4 Å². The molecule has 0 atom stereocenters. The molecule has 0 amide bonds. The highest BCUT2D eigenvalue weighted by Gasteiger charge is 2.06. The van der Waals surface area contributed by atoms with Crippen LogP contribution in [-0.2, 0) is 4.74 Å². The van der Waals surface area contributed by atoms with E-state index in [1.807, 2.05) is 11.4 Å². The van der Waals surface area contributed by atoms with Gasteiger partial charge in [0.05, 0.1) is 6.61 Å². The van der Waals surface area contributed by atoms with E-state index in [4.69, 9.17) is 9.84 Å². The van der Waals surface area contributed by atoms with Crippen molar-refractivity contribution in [3.8, 4) is 0 Å². The Labute approximate surface area is 126 Å². The molecule has 0 saturated heterocycles. The quantitative estimate of drug-likeness (QED) is 0.459. The van der Waals surface area contributed by atoms with E-state index in [9.17, 15) is 4.79 Å². The number of unbranched alkanes of at least 4 members (excludes halogenated alkanes) is 8. The van der Waals surface area contributed by atoms with Crippen LogP contribution < -0.4 is 0 Å². The lowest BCUT2D eigenvalue weighted by Crippen LogP contribution is -2.04. The summed E-state index contributed by atoms with van der Waals surface area (Å²) in [5.74, 6) is -0.191. The molecule has 1 rings (SSSR count). The molecule has 0 bridgehead atoms. The fourth-order valence-electron chi connectivity index (χ4n) is 2.08. The van der Waals surface area contributed by atoms with E-state index in [2.05, 4.69) is 0 Å². The molecular formula is C16H26O3S. The number of rotatable bonds is 12. The standard InChI is InChI=1S/C16H26O3S/c17-12-8-6-4-2-1-3-5-7-9-13-19-16(18)15-11-10-14-20-15/h10-11,14,17H,1-9,12-13H2. The minimum atomic E-state index is -0.191. The van der Waals surface area contributed by atoms with Gasteiger partial charge in [0, 0.05) is 6.61 Å². The molecule has 0 aliphatic rings. The molecule has 3 nitrogen and oxygen atoms in total. The van der Waals surface area contributed by atoms with Crippen LogP contribution in [0.1, 0.15) is 67.5 Å². The minimum Gasteiger partial charge on any atom is -0.462 e. The van der Waals surface area contributed by atoms with Gasteiger partial charge in [0.1, 0.15) is 4.88 Å². The number of esters is 1. The smallest absolute Gasteiger partial charge is 0.348 e. The summed E-state index contributed by atoms with van der Waals surface area (Å²) < 4.78 is 5.21. The van der Waals surface area contributed by atoms with E-state index in [-0.39, 0.29) is 5.97 Å². The van der Waals surface area contributed by atoms with Gasteiger partial charge in [0.15, 0.2) is 0 Å². The number of thiophene rings is 1. The summed E-state index contributed by atoms with van der Waals surface area (Å²) in [6.07, 6.45) is 10.4. The summed E-state index contributed by atoms with van der Waals surface area (Å²) in [5.41, 5.74) is 0. The van der Waals surface area contributed by atoms with Gasteiger partial charge in [0.2, 0.25) is 0 Å². The maximum absolute atomic E-state index is 11.5. The number of carbonyl (C=O) groups is 1. The predicted octanol–water partition coefficient (Wildman–Crippen LogP) is 4.41. The van der Waals surface area contributed by atoms with Crippen LogP contribution in [0.2, 0.25) is 0 Å². The number of aliphatic hydroxyl groups is 1. The Morgan fingerprint density at radius 3 is 2.15 bits per heavy atom. The number of ether oxygens (including phenoxy) is 1. The van der Waals surface area contributed by atoms with Gasteiger partial charge in [-0.1, -0.05) is 51.0 Å². The zero-order chi connectivity index (χ0) is 14.5. The lowest BCUT2D eigenvalue weighted by Gasteiger charge is -2.04. The van der Waals surface area contributed by atoms with Crippen LogP contribution in [0.5, 0.6) is 0 Å². The van der Waals surface area contributed by atoms with E-state index >= 15 is 0 Å². The highest BCUT2D eigenvalue weighted by atomic mass is 32.1. The van der Waals surface area contributed by atoms with Crippen LogP contribution in [-0.4, -0.2) is 24.3 Å². The Morgan fingerprint density at radius 1 is 1.00 bits per heavy atom. The molecule has 0 aliphatic carbocycles. The second-order valence-electron chi connectivity index (χ2n) is 5.02. The van der Waals surface area contributed by atoms with Gasteiger partial charge >= 0.3 is 5.97 Å². The van der Waals surface area contributed by atoms with Crippen molar-refractivity contribution < 1.29 is 14.6 Å². The first-order valence-corrected chi connectivity index (χ1v) is 8.54. The van der Waals surface area contributed by atoms with Crippen LogP contribution in [0, 0.1) is 0 Å². The highest BCUT2D eigenvalue weighted by Crippen LogP contribution is 2.12. The van der Waals surface area contributed by atoms with Gasteiger partial charge in [-0.25, -0.2) is 4.79 Å². The lowest BCUT2D eigenvalue weighted by molar-refractivity contribution is 0.0503. The van der Waals surface area contributed by atoms with Crippen LogP contribution in [0.25, 0.3) is 0 Å². The van der Waals surface area contributed by atoms with Gasteiger partial charge in [-0.15, -0.1) is 11.3 Å². The van der Waals surface area contributed by atoms with Gasteiger partial charge in [-0.05, 0) is 24.3 Å². The predicted molar refractivity (Wildman–Crippen MR) is 83.2 cm³/mol. The third kappa shape index (κ3) is 8.33. The maximum Gasteiger partial charge on any atom is 0.348 e. The number of hydrogen-bond donors (Lipinski definition) is 1. The summed E-state index contributed by atoms with van der Waals surface area (Å²) in [4.78, 5) is 12.2. The van der Waals surface area contributed by atoms with Crippen molar-refractivity contribution in [2.45, 2.75) is 57.8 Å². The molecule has 0 unspecified atom stereocenters. The fraction of sp³-hybridized carbons (Fsp3) is 0.688. The molecule has 0 spiro atoms. The van der Waals surface area contributed by atoms with Crippen molar-refractivity contribution in [2.75, 3.05) is 13.2 Å². The van der Waals surface area contributed by atoms with Crippen molar-refractivity contribution in [1.82, 2.24) is 0 Å². The number of carbonyl (C=O) groups excluding carboxylic acids is 1. The molecule has 1 N–H and O–H groups in total. The van der Waals surface area contributed by atoms with Crippen molar-refractivity contribution in [1.29, 1.82) is 0 Å². The SMILES string of the molecule is O=C(OCCCCCCCCCCCO)c1cccs1. The van der Waals surface area contributed by atoms with Gasteiger partial charge < -0.3 is 9.84 Å². The fourth-order valence-corrected chi connectivity index (χ4v) is 2.70. The maximum atomic E-state index is 11.5. The first-order chi connectivity index (χ1) is 9.84. The van der Waals surface area contributed by atoms with Crippen LogP contribution in [0.4, 0.5) is 0 Å². The largest absolute Gasteiger partial charge is 0.462 e. The second kappa shape index (κ2) is 11.9. The second-order valence-corrected chi connectivity index (χ2v) is 5.97. The molecule has 20 heavy (non-hydrogen) atoms. The molecule has 0 fully saturated rings. The number of hydrogen-bond acceptors (Lipinski definition) is 4.